The molecule has 0 radical (unpaired) electrons. The average Bonchev–Trinajstić information content (AvgIpc) is 2.71. The Bertz CT molecular complexity index is 833. The van der Waals surface area contributed by atoms with Crippen LogP contribution in [0.4, 0.5) is 0 Å². The second-order valence-electron chi connectivity index (χ2n) is 6.67. The smallest absolute Gasteiger partial charge is 0.247 e. The molecule has 0 aromatic carbocycles. The van der Waals surface area contributed by atoms with Gasteiger partial charge in [-0.1, -0.05) is 25.7 Å². The molecule has 0 saturated heterocycles. The van der Waals surface area contributed by atoms with Crippen LogP contribution in [0.25, 0.3) is 0 Å². The van der Waals surface area contributed by atoms with Crippen molar-refractivity contribution in [2.45, 2.75) is 77.9 Å². The zero-order chi connectivity index (χ0) is 21.5. The molecule has 29 heavy (non-hydrogen) atoms. The Morgan fingerprint density at radius 3 is 1.38 bits per heavy atom. The lowest BCUT2D eigenvalue weighted by Gasteiger charge is -2.13. The Kier molecular flexibility index (Phi) is 11.9. The molecule has 0 aliphatic heterocycles. The molecule has 0 atom stereocenters. The summed E-state index contributed by atoms with van der Waals surface area (Å²) in [5, 5.41) is 0. The summed E-state index contributed by atoms with van der Waals surface area (Å²) in [5.41, 5.74) is -1.71. The van der Waals surface area contributed by atoms with Gasteiger partial charge in [0.25, 0.3) is 0 Å². The lowest BCUT2D eigenvalue weighted by Crippen LogP contribution is -2.54. The highest BCUT2D eigenvalue weighted by molar-refractivity contribution is 5.32. The van der Waals surface area contributed by atoms with E-state index in [-0.39, 0.29) is 19.6 Å². The highest BCUT2D eigenvalue weighted by Crippen LogP contribution is 2.02. The molecule has 1 rings (SSSR count). The molecule has 0 fully saturated rings. The number of rotatable bonds is 15. The van der Waals surface area contributed by atoms with Crippen LogP contribution in [0, 0.1) is 0 Å². The Hall–Kier alpha value is -2.83. The van der Waals surface area contributed by atoms with E-state index in [9.17, 15) is 24.0 Å². The highest BCUT2D eigenvalue weighted by atomic mass is 16.2. The van der Waals surface area contributed by atoms with Crippen molar-refractivity contribution < 1.29 is 9.59 Å². The third-order valence-electron chi connectivity index (χ3n) is 4.63. The van der Waals surface area contributed by atoms with Crippen LogP contribution in [0.1, 0.15) is 58.3 Å². The normalized spacial score (nSPS) is 10.4. The minimum atomic E-state index is -0.573. The van der Waals surface area contributed by atoms with Crippen LogP contribution in [0.5, 0.6) is 0 Å². The molecule has 0 bridgehead atoms. The number of hydrogen-bond donors (Lipinski definition) is 0. The standard InChI is InChI=1S/C19H29N5O5/c1-2-22-17(27)23(13-9-5-3-7-11-20-15-25)19(29)24(18(22)28)14-10-6-4-8-12-21-16-26/h2-14H2,1H3. The minimum Gasteiger partial charge on any atom is -0.247 e. The predicted octanol–water partition coefficient (Wildman–Crippen LogP) is 0.984. The quantitative estimate of drug-likeness (QED) is 0.243. The number of aromatic nitrogens is 3. The number of isocyanates is 2. The first-order chi connectivity index (χ1) is 14.1. The SMILES string of the molecule is CCn1c(=O)n(CCCCCCN=C=O)c(=O)n(CCCCCCN=C=O)c1=O. The maximum atomic E-state index is 12.7. The van der Waals surface area contributed by atoms with E-state index >= 15 is 0 Å². The highest BCUT2D eigenvalue weighted by Gasteiger charge is 2.14. The first-order valence-corrected chi connectivity index (χ1v) is 10.1. The van der Waals surface area contributed by atoms with E-state index in [1.807, 2.05) is 0 Å². The van der Waals surface area contributed by atoms with E-state index < -0.39 is 17.1 Å². The lowest BCUT2D eigenvalue weighted by atomic mass is 10.2. The zero-order valence-corrected chi connectivity index (χ0v) is 17.0. The third kappa shape index (κ3) is 7.97. The van der Waals surface area contributed by atoms with Gasteiger partial charge in [-0.2, -0.15) is 0 Å². The molecule has 1 aromatic heterocycles. The van der Waals surface area contributed by atoms with E-state index in [1.165, 1.54) is 12.2 Å². The van der Waals surface area contributed by atoms with Crippen LogP contribution < -0.4 is 17.1 Å². The van der Waals surface area contributed by atoms with Gasteiger partial charge in [-0.05, 0) is 32.6 Å². The molecule has 0 amide bonds. The first-order valence-electron chi connectivity index (χ1n) is 10.1. The largest absolute Gasteiger partial charge is 0.336 e. The van der Waals surface area contributed by atoms with Gasteiger partial charge in [0.05, 0.1) is 13.1 Å². The number of aliphatic imine (C=N–C) groups is 2. The van der Waals surface area contributed by atoms with Crippen molar-refractivity contribution in [3.63, 3.8) is 0 Å². The van der Waals surface area contributed by atoms with Crippen LogP contribution in [-0.4, -0.2) is 39.0 Å². The summed E-state index contributed by atoms with van der Waals surface area (Å²) in [4.78, 5) is 64.7. The van der Waals surface area contributed by atoms with Crippen LogP contribution in [0.2, 0.25) is 0 Å². The molecular formula is C19H29N5O5. The van der Waals surface area contributed by atoms with Gasteiger partial charge in [0.15, 0.2) is 0 Å². The molecule has 1 aromatic rings. The van der Waals surface area contributed by atoms with E-state index in [0.717, 1.165) is 52.2 Å². The van der Waals surface area contributed by atoms with Crippen molar-refractivity contribution in [1.82, 2.24) is 13.7 Å². The topological polar surface area (TPSA) is 125 Å². The van der Waals surface area contributed by atoms with Gasteiger partial charge in [-0.15, -0.1) is 0 Å². The summed E-state index contributed by atoms with van der Waals surface area (Å²) in [6, 6.07) is 0. The maximum Gasteiger partial charge on any atom is 0.336 e. The Balaban J connectivity index is 2.76. The van der Waals surface area contributed by atoms with E-state index in [1.54, 1.807) is 6.92 Å². The van der Waals surface area contributed by atoms with Gasteiger partial charge in [-0.3, -0.25) is 0 Å². The summed E-state index contributed by atoms with van der Waals surface area (Å²) in [6.45, 7) is 3.25. The van der Waals surface area contributed by atoms with E-state index in [4.69, 9.17) is 0 Å². The number of carbonyl (C=O) groups excluding carboxylic acids is 2. The summed E-state index contributed by atoms with van der Waals surface area (Å²) < 4.78 is 3.35. The van der Waals surface area contributed by atoms with Crippen molar-refractivity contribution in [2.75, 3.05) is 13.1 Å². The Morgan fingerprint density at radius 1 is 0.621 bits per heavy atom. The van der Waals surface area contributed by atoms with Crippen LogP contribution >= 0.6 is 0 Å². The first kappa shape index (κ1) is 24.2. The van der Waals surface area contributed by atoms with Gasteiger partial charge >= 0.3 is 17.1 Å². The Labute approximate surface area is 168 Å². The van der Waals surface area contributed by atoms with Crippen molar-refractivity contribution in [1.29, 1.82) is 0 Å². The summed E-state index contributed by atoms with van der Waals surface area (Å²) in [6.07, 6.45) is 8.96. The summed E-state index contributed by atoms with van der Waals surface area (Å²) >= 11 is 0. The molecule has 0 unspecified atom stereocenters. The fourth-order valence-corrected chi connectivity index (χ4v) is 3.06. The molecule has 10 heteroatoms. The molecule has 0 N–H and O–H groups in total. The van der Waals surface area contributed by atoms with Gasteiger partial charge in [0, 0.05) is 19.6 Å². The van der Waals surface area contributed by atoms with E-state index in [2.05, 4.69) is 9.98 Å². The molecule has 0 spiro atoms. The predicted molar refractivity (Wildman–Crippen MR) is 108 cm³/mol. The Morgan fingerprint density at radius 2 is 1.00 bits per heavy atom. The van der Waals surface area contributed by atoms with Crippen LogP contribution in [0.3, 0.4) is 0 Å². The molecule has 0 aliphatic rings. The fourth-order valence-electron chi connectivity index (χ4n) is 3.06. The average molecular weight is 407 g/mol. The van der Waals surface area contributed by atoms with E-state index in [0.29, 0.717) is 25.9 Å². The van der Waals surface area contributed by atoms with Crippen LogP contribution in [-0.2, 0) is 29.2 Å². The van der Waals surface area contributed by atoms with Gasteiger partial charge in [0.1, 0.15) is 0 Å². The van der Waals surface area contributed by atoms with Gasteiger partial charge in [0.2, 0.25) is 12.2 Å². The second-order valence-corrected chi connectivity index (χ2v) is 6.67. The molecule has 160 valence electrons. The van der Waals surface area contributed by atoms with Crippen molar-refractivity contribution in [2.24, 2.45) is 9.98 Å². The number of hydrogen-bond acceptors (Lipinski definition) is 7. The maximum absolute atomic E-state index is 12.7. The lowest BCUT2D eigenvalue weighted by molar-refractivity contribution is 0.427. The van der Waals surface area contributed by atoms with Crippen molar-refractivity contribution in [3.8, 4) is 0 Å². The fraction of sp³-hybridized carbons (Fsp3) is 0.737. The van der Waals surface area contributed by atoms with Crippen LogP contribution in [0.15, 0.2) is 24.4 Å². The molecular weight excluding hydrogens is 378 g/mol. The van der Waals surface area contributed by atoms with Crippen molar-refractivity contribution in [3.05, 3.63) is 31.5 Å². The second kappa shape index (κ2) is 14.2. The minimum absolute atomic E-state index is 0.200. The van der Waals surface area contributed by atoms with Crippen molar-refractivity contribution >= 4 is 12.2 Å². The monoisotopic (exact) mass is 407 g/mol. The zero-order valence-electron chi connectivity index (χ0n) is 17.0. The molecule has 1 heterocycles. The molecule has 10 nitrogen and oxygen atoms in total. The van der Waals surface area contributed by atoms with Gasteiger partial charge < -0.3 is 0 Å². The summed E-state index contributed by atoms with van der Waals surface area (Å²) in [5.74, 6) is 0. The van der Waals surface area contributed by atoms with Gasteiger partial charge in [-0.25, -0.2) is 47.7 Å². The summed E-state index contributed by atoms with van der Waals surface area (Å²) in [7, 11) is 0. The molecule has 0 aliphatic carbocycles. The number of nitrogens with zero attached hydrogens (tertiary/aromatic N) is 5. The molecule has 0 saturated carbocycles. The third-order valence-corrected chi connectivity index (χ3v) is 4.63. The number of unbranched alkanes of at least 4 members (excludes halogenated alkanes) is 6.